The van der Waals surface area contributed by atoms with Gasteiger partial charge in [0, 0.05) is 29.6 Å². The summed E-state index contributed by atoms with van der Waals surface area (Å²) >= 11 is 1.76. The summed E-state index contributed by atoms with van der Waals surface area (Å²) in [5, 5.41) is 2.13. The molecule has 4 heteroatoms. The summed E-state index contributed by atoms with van der Waals surface area (Å²) in [6, 6.07) is 11.1. The number of hydrogen-bond donors (Lipinski definition) is 0. The first kappa shape index (κ1) is 23.0. The predicted octanol–water partition coefficient (Wildman–Crippen LogP) is 6.31. The van der Waals surface area contributed by atoms with Crippen LogP contribution in [-0.4, -0.2) is 41.4 Å². The van der Waals surface area contributed by atoms with E-state index in [1.807, 2.05) is 12.1 Å². The number of amides is 1. The standard InChI is InChI=1S/C26H38N2OS/c1-4-5-10-23-11-13-24(14-12-23)26(29)28(20-25-21(2)15-19-30-25)18-8-17-27-16-7-6-9-22(27)3/h11-15,19,22H,4-10,16-18,20H2,1-3H3. The molecule has 0 spiro atoms. The van der Waals surface area contributed by atoms with Crippen molar-refractivity contribution in [2.45, 2.75) is 78.3 Å². The monoisotopic (exact) mass is 426 g/mol. The zero-order valence-electron chi connectivity index (χ0n) is 19.0. The minimum atomic E-state index is 0.163. The van der Waals surface area contributed by atoms with E-state index in [2.05, 4.69) is 54.2 Å². The Kier molecular flexibility index (Phi) is 8.95. The van der Waals surface area contributed by atoms with Crippen molar-refractivity contribution in [3.8, 4) is 0 Å². The van der Waals surface area contributed by atoms with E-state index in [1.165, 1.54) is 54.7 Å². The number of carbonyl (C=O) groups excluding carboxylic acids is 1. The molecule has 0 bridgehead atoms. The minimum absolute atomic E-state index is 0.163. The van der Waals surface area contributed by atoms with Gasteiger partial charge in [-0.05, 0) is 87.2 Å². The van der Waals surface area contributed by atoms with E-state index in [4.69, 9.17) is 0 Å². The quantitative estimate of drug-likeness (QED) is 0.445. The molecule has 3 nitrogen and oxygen atoms in total. The van der Waals surface area contributed by atoms with E-state index in [0.717, 1.165) is 38.0 Å². The third-order valence-corrected chi connectivity index (χ3v) is 7.43. The molecule has 2 heterocycles. The molecule has 1 unspecified atom stereocenters. The fraction of sp³-hybridized carbons (Fsp3) is 0.577. The molecule has 1 aromatic carbocycles. The summed E-state index contributed by atoms with van der Waals surface area (Å²) in [7, 11) is 0. The highest BCUT2D eigenvalue weighted by atomic mass is 32.1. The molecular formula is C26H38N2OS. The zero-order chi connectivity index (χ0) is 21.3. The van der Waals surface area contributed by atoms with Gasteiger partial charge < -0.3 is 9.80 Å². The number of aryl methyl sites for hydroxylation is 2. The first-order valence-electron chi connectivity index (χ1n) is 11.7. The molecule has 30 heavy (non-hydrogen) atoms. The van der Waals surface area contributed by atoms with Crippen LogP contribution in [0.5, 0.6) is 0 Å². The van der Waals surface area contributed by atoms with E-state index in [9.17, 15) is 4.79 Å². The van der Waals surface area contributed by atoms with Crippen molar-refractivity contribution in [3.05, 3.63) is 57.3 Å². The Morgan fingerprint density at radius 1 is 1.17 bits per heavy atom. The summed E-state index contributed by atoms with van der Waals surface area (Å²) < 4.78 is 0. The van der Waals surface area contributed by atoms with Gasteiger partial charge in [0.05, 0.1) is 6.54 Å². The first-order chi connectivity index (χ1) is 14.6. The molecule has 0 aliphatic carbocycles. The lowest BCUT2D eigenvalue weighted by Gasteiger charge is -2.34. The maximum Gasteiger partial charge on any atom is 0.254 e. The van der Waals surface area contributed by atoms with Gasteiger partial charge in [-0.1, -0.05) is 31.9 Å². The lowest BCUT2D eigenvalue weighted by atomic mass is 10.0. The number of thiophene rings is 1. The Bertz CT molecular complexity index is 783. The number of likely N-dealkylation sites (tertiary alicyclic amines) is 1. The van der Waals surface area contributed by atoms with Crippen LogP contribution in [0.25, 0.3) is 0 Å². The lowest BCUT2D eigenvalue weighted by molar-refractivity contribution is 0.0728. The van der Waals surface area contributed by atoms with E-state index in [1.54, 1.807) is 11.3 Å². The molecule has 0 saturated carbocycles. The Hall–Kier alpha value is -1.65. The molecule has 0 radical (unpaired) electrons. The van der Waals surface area contributed by atoms with Gasteiger partial charge in [-0.3, -0.25) is 4.79 Å². The number of rotatable bonds is 10. The molecule has 164 valence electrons. The number of hydrogen-bond acceptors (Lipinski definition) is 3. The topological polar surface area (TPSA) is 23.6 Å². The fourth-order valence-corrected chi connectivity index (χ4v) is 5.24. The second kappa shape index (κ2) is 11.7. The molecule has 2 aromatic rings. The number of nitrogens with zero attached hydrogens (tertiary/aromatic N) is 2. The highest BCUT2D eigenvalue weighted by Gasteiger charge is 2.20. The lowest BCUT2D eigenvalue weighted by Crippen LogP contribution is -2.40. The molecule has 1 amide bonds. The van der Waals surface area contributed by atoms with Crippen LogP contribution < -0.4 is 0 Å². The molecule has 1 saturated heterocycles. The minimum Gasteiger partial charge on any atom is -0.333 e. The second-order valence-electron chi connectivity index (χ2n) is 8.79. The van der Waals surface area contributed by atoms with Crippen LogP contribution in [0.1, 0.15) is 78.7 Å². The highest BCUT2D eigenvalue weighted by Crippen LogP contribution is 2.21. The number of piperidine rings is 1. The summed E-state index contributed by atoms with van der Waals surface area (Å²) in [5.41, 5.74) is 3.43. The van der Waals surface area contributed by atoms with Crippen LogP contribution in [0.2, 0.25) is 0 Å². The van der Waals surface area contributed by atoms with E-state index in [0.29, 0.717) is 6.04 Å². The SMILES string of the molecule is CCCCc1ccc(C(=O)N(CCCN2CCCCC2C)Cc2sccc2C)cc1. The Balaban J connectivity index is 1.65. The number of benzene rings is 1. The summed E-state index contributed by atoms with van der Waals surface area (Å²) in [5.74, 6) is 0.163. The maximum absolute atomic E-state index is 13.4. The number of carbonyl (C=O) groups is 1. The largest absolute Gasteiger partial charge is 0.333 e. The summed E-state index contributed by atoms with van der Waals surface area (Å²) in [4.78, 5) is 19.3. The van der Waals surface area contributed by atoms with Gasteiger partial charge >= 0.3 is 0 Å². The molecule has 1 aliphatic heterocycles. The van der Waals surface area contributed by atoms with Gasteiger partial charge in [0.15, 0.2) is 0 Å². The summed E-state index contributed by atoms with van der Waals surface area (Å²) in [6.45, 7) is 10.5. The van der Waals surface area contributed by atoms with Gasteiger partial charge in [0.1, 0.15) is 0 Å². The Morgan fingerprint density at radius 2 is 1.97 bits per heavy atom. The smallest absolute Gasteiger partial charge is 0.254 e. The van der Waals surface area contributed by atoms with Crippen LogP contribution in [0, 0.1) is 6.92 Å². The van der Waals surface area contributed by atoms with Crippen molar-refractivity contribution >= 4 is 17.2 Å². The van der Waals surface area contributed by atoms with Crippen LogP contribution in [0.3, 0.4) is 0 Å². The van der Waals surface area contributed by atoms with E-state index >= 15 is 0 Å². The average Bonchev–Trinajstić information content (AvgIpc) is 3.17. The Morgan fingerprint density at radius 3 is 2.63 bits per heavy atom. The molecule has 1 atom stereocenters. The molecule has 3 rings (SSSR count). The van der Waals surface area contributed by atoms with E-state index in [-0.39, 0.29) is 5.91 Å². The van der Waals surface area contributed by atoms with Gasteiger partial charge in [-0.25, -0.2) is 0 Å². The average molecular weight is 427 g/mol. The van der Waals surface area contributed by atoms with Gasteiger partial charge in [-0.15, -0.1) is 11.3 Å². The third-order valence-electron chi connectivity index (χ3n) is 6.42. The predicted molar refractivity (Wildman–Crippen MR) is 128 cm³/mol. The summed E-state index contributed by atoms with van der Waals surface area (Å²) in [6.07, 6.45) is 8.50. The third kappa shape index (κ3) is 6.42. The highest BCUT2D eigenvalue weighted by molar-refractivity contribution is 7.10. The molecular weight excluding hydrogens is 388 g/mol. The second-order valence-corrected chi connectivity index (χ2v) is 9.79. The van der Waals surface area contributed by atoms with Crippen LogP contribution in [0.15, 0.2) is 35.7 Å². The van der Waals surface area contributed by atoms with Gasteiger partial charge in [0.2, 0.25) is 0 Å². The molecule has 1 aliphatic rings. The molecule has 0 N–H and O–H groups in total. The fourth-order valence-electron chi connectivity index (χ4n) is 4.32. The van der Waals surface area contributed by atoms with Crippen LogP contribution in [-0.2, 0) is 13.0 Å². The van der Waals surface area contributed by atoms with Crippen molar-refractivity contribution in [3.63, 3.8) is 0 Å². The van der Waals surface area contributed by atoms with Gasteiger partial charge in [0.25, 0.3) is 5.91 Å². The Labute approximate surface area is 187 Å². The van der Waals surface area contributed by atoms with Crippen molar-refractivity contribution < 1.29 is 4.79 Å². The first-order valence-corrected chi connectivity index (χ1v) is 12.6. The maximum atomic E-state index is 13.4. The van der Waals surface area contributed by atoms with Crippen molar-refractivity contribution in [2.75, 3.05) is 19.6 Å². The van der Waals surface area contributed by atoms with Crippen molar-refractivity contribution in [2.24, 2.45) is 0 Å². The molecule has 1 fully saturated rings. The van der Waals surface area contributed by atoms with E-state index < -0.39 is 0 Å². The van der Waals surface area contributed by atoms with Crippen LogP contribution in [0.4, 0.5) is 0 Å². The van der Waals surface area contributed by atoms with Gasteiger partial charge in [-0.2, -0.15) is 0 Å². The zero-order valence-corrected chi connectivity index (χ0v) is 19.8. The van der Waals surface area contributed by atoms with Crippen LogP contribution >= 0.6 is 11.3 Å². The normalized spacial score (nSPS) is 17.2. The molecule has 1 aromatic heterocycles. The van der Waals surface area contributed by atoms with Crippen molar-refractivity contribution in [1.29, 1.82) is 0 Å². The number of unbranched alkanes of at least 4 members (excludes halogenated alkanes) is 1. The van der Waals surface area contributed by atoms with Crippen molar-refractivity contribution in [1.82, 2.24) is 9.80 Å².